The number of nitrogens with one attached hydrogen (secondary N) is 1. The normalized spacial score (nSPS) is 12.2. The van der Waals surface area contributed by atoms with Crippen LogP contribution in [0.5, 0.6) is 0 Å². The van der Waals surface area contributed by atoms with Crippen LogP contribution >= 0.6 is 11.3 Å². The van der Waals surface area contributed by atoms with Gasteiger partial charge in [-0.05, 0) is 27.2 Å². The van der Waals surface area contributed by atoms with Gasteiger partial charge >= 0.3 is 5.97 Å². The first kappa shape index (κ1) is 15.0. The first-order valence-corrected chi connectivity index (χ1v) is 7.31. The zero-order valence-corrected chi connectivity index (χ0v) is 12.4. The maximum Gasteiger partial charge on any atom is 0.358 e. The van der Waals surface area contributed by atoms with E-state index in [9.17, 15) is 4.79 Å². The molecule has 1 atom stereocenters. The fourth-order valence-corrected chi connectivity index (χ4v) is 2.55. The Morgan fingerprint density at radius 2 is 2.22 bits per heavy atom. The molecule has 102 valence electrons. The number of esters is 1. The van der Waals surface area contributed by atoms with Crippen LogP contribution in [0.3, 0.4) is 0 Å². The van der Waals surface area contributed by atoms with Crippen molar-refractivity contribution in [3.05, 3.63) is 10.6 Å². The van der Waals surface area contributed by atoms with Crippen molar-refractivity contribution in [2.45, 2.75) is 53.0 Å². The fourth-order valence-electron chi connectivity index (χ4n) is 1.64. The van der Waals surface area contributed by atoms with Crippen molar-refractivity contribution in [2.24, 2.45) is 0 Å². The van der Waals surface area contributed by atoms with E-state index in [-0.39, 0.29) is 5.97 Å². The smallest absolute Gasteiger partial charge is 0.358 e. The lowest BCUT2D eigenvalue weighted by Gasteiger charge is -2.11. The van der Waals surface area contributed by atoms with E-state index in [0.29, 0.717) is 18.3 Å². The highest BCUT2D eigenvalue weighted by atomic mass is 32.1. The molecule has 1 unspecified atom stereocenters. The number of hydrogen-bond donors (Lipinski definition) is 1. The van der Waals surface area contributed by atoms with Crippen molar-refractivity contribution >= 4 is 22.4 Å². The lowest BCUT2D eigenvalue weighted by Crippen LogP contribution is -2.15. The summed E-state index contributed by atoms with van der Waals surface area (Å²) in [5.74, 6) is -0.333. The summed E-state index contributed by atoms with van der Waals surface area (Å²) < 4.78 is 4.97. The average Bonchev–Trinajstić information content (AvgIpc) is 2.68. The number of thiazole rings is 1. The van der Waals surface area contributed by atoms with E-state index in [1.54, 1.807) is 6.92 Å². The number of rotatable bonds is 7. The molecule has 1 aromatic heterocycles. The number of unbranched alkanes of at least 4 members (excludes halogenated alkanes) is 1. The van der Waals surface area contributed by atoms with Crippen molar-refractivity contribution in [1.82, 2.24) is 4.98 Å². The van der Waals surface area contributed by atoms with Crippen LogP contribution in [-0.4, -0.2) is 23.6 Å². The van der Waals surface area contributed by atoms with Gasteiger partial charge in [0.1, 0.15) is 0 Å². The molecule has 1 aromatic rings. The van der Waals surface area contributed by atoms with Gasteiger partial charge < -0.3 is 10.1 Å². The van der Waals surface area contributed by atoms with Gasteiger partial charge in [-0.2, -0.15) is 0 Å². The predicted molar refractivity (Wildman–Crippen MR) is 75.4 cm³/mol. The molecule has 4 nitrogen and oxygen atoms in total. The Bertz CT molecular complexity index is 390. The fraction of sp³-hybridized carbons (Fsp3) is 0.692. The van der Waals surface area contributed by atoms with E-state index in [2.05, 4.69) is 24.1 Å². The summed E-state index contributed by atoms with van der Waals surface area (Å²) in [5, 5.41) is 4.14. The summed E-state index contributed by atoms with van der Waals surface area (Å²) in [6.07, 6.45) is 3.50. The summed E-state index contributed by atoms with van der Waals surface area (Å²) in [4.78, 5) is 16.8. The Kier molecular flexibility index (Phi) is 6.12. The summed E-state index contributed by atoms with van der Waals surface area (Å²) in [7, 11) is 0. The molecule has 1 rings (SSSR count). The maximum absolute atomic E-state index is 11.6. The Labute approximate surface area is 113 Å². The number of carbonyl (C=O) groups excluding carboxylic acids is 1. The van der Waals surface area contributed by atoms with E-state index < -0.39 is 0 Å². The van der Waals surface area contributed by atoms with Crippen LogP contribution < -0.4 is 5.32 Å². The van der Waals surface area contributed by atoms with Crippen molar-refractivity contribution in [1.29, 1.82) is 0 Å². The average molecular weight is 270 g/mol. The molecule has 0 aliphatic carbocycles. The molecule has 0 aromatic carbocycles. The summed E-state index contributed by atoms with van der Waals surface area (Å²) in [6.45, 7) is 8.39. The molecule has 0 spiro atoms. The zero-order valence-electron chi connectivity index (χ0n) is 11.6. The first-order valence-electron chi connectivity index (χ1n) is 6.49. The molecular weight excluding hydrogens is 248 g/mol. The number of aryl methyl sites for hydroxylation is 1. The second kappa shape index (κ2) is 7.36. The third-order valence-corrected chi connectivity index (χ3v) is 3.53. The minimum atomic E-state index is -0.333. The number of carbonyl (C=O) groups is 1. The van der Waals surface area contributed by atoms with Crippen LogP contribution in [0.1, 0.15) is 55.4 Å². The molecule has 0 aliphatic heterocycles. The monoisotopic (exact) mass is 270 g/mol. The van der Waals surface area contributed by atoms with E-state index in [1.165, 1.54) is 24.2 Å². The van der Waals surface area contributed by atoms with Crippen molar-refractivity contribution < 1.29 is 9.53 Å². The summed E-state index contributed by atoms with van der Waals surface area (Å²) in [6, 6.07) is 0.380. The largest absolute Gasteiger partial charge is 0.461 e. The van der Waals surface area contributed by atoms with E-state index in [4.69, 9.17) is 4.74 Å². The molecule has 0 saturated carbocycles. The molecule has 0 bridgehead atoms. The summed E-state index contributed by atoms with van der Waals surface area (Å²) >= 11 is 1.51. The van der Waals surface area contributed by atoms with Gasteiger partial charge in [-0.15, -0.1) is 11.3 Å². The molecule has 1 N–H and O–H groups in total. The van der Waals surface area contributed by atoms with Crippen molar-refractivity contribution in [3.8, 4) is 0 Å². The molecular formula is C13H22N2O2S. The zero-order chi connectivity index (χ0) is 13.5. The predicted octanol–water partition coefficient (Wildman–Crippen LogP) is 3.62. The van der Waals surface area contributed by atoms with Crippen molar-refractivity contribution in [2.75, 3.05) is 11.9 Å². The van der Waals surface area contributed by atoms with E-state index in [1.807, 2.05) is 6.92 Å². The maximum atomic E-state index is 11.6. The first-order chi connectivity index (χ1) is 8.58. The molecule has 0 aliphatic rings. The van der Waals surface area contributed by atoms with Crippen LogP contribution in [0.2, 0.25) is 0 Å². The lowest BCUT2D eigenvalue weighted by atomic mass is 10.1. The molecule has 0 amide bonds. The molecule has 18 heavy (non-hydrogen) atoms. The minimum Gasteiger partial charge on any atom is -0.461 e. The molecule has 1 heterocycles. The Morgan fingerprint density at radius 3 is 2.83 bits per heavy atom. The Balaban J connectivity index is 2.63. The van der Waals surface area contributed by atoms with Crippen LogP contribution in [-0.2, 0) is 4.74 Å². The van der Waals surface area contributed by atoms with Gasteiger partial charge in [0.15, 0.2) is 10.8 Å². The standard InChI is InChI=1S/C13H22N2O2S/c1-5-7-8-9(3)14-13-15-11(10(4)18-13)12(16)17-6-2/h9H,5-8H2,1-4H3,(H,14,15). The minimum absolute atomic E-state index is 0.333. The van der Waals surface area contributed by atoms with Crippen molar-refractivity contribution in [3.63, 3.8) is 0 Å². The quantitative estimate of drug-likeness (QED) is 0.769. The number of ether oxygens (including phenoxy) is 1. The number of nitrogens with zero attached hydrogens (tertiary/aromatic N) is 1. The highest BCUT2D eigenvalue weighted by Gasteiger charge is 2.17. The van der Waals surface area contributed by atoms with Crippen LogP contribution in [0, 0.1) is 6.92 Å². The molecule has 0 fully saturated rings. The topological polar surface area (TPSA) is 51.2 Å². The second-order valence-corrected chi connectivity index (χ2v) is 5.54. The van der Waals surface area contributed by atoms with Gasteiger partial charge in [0.2, 0.25) is 0 Å². The third-order valence-electron chi connectivity index (χ3n) is 2.63. The Hall–Kier alpha value is -1.10. The SMILES string of the molecule is CCCCC(C)Nc1nc(C(=O)OCC)c(C)s1. The Morgan fingerprint density at radius 1 is 1.50 bits per heavy atom. The molecule has 0 radical (unpaired) electrons. The lowest BCUT2D eigenvalue weighted by molar-refractivity contribution is 0.0519. The highest BCUT2D eigenvalue weighted by Crippen LogP contribution is 2.23. The van der Waals surface area contributed by atoms with Gasteiger partial charge in [-0.1, -0.05) is 19.8 Å². The van der Waals surface area contributed by atoms with Crippen LogP contribution in [0.4, 0.5) is 5.13 Å². The van der Waals surface area contributed by atoms with E-state index in [0.717, 1.165) is 16.4 Å². The highest BCUT2D eigenvalue weighted by molar-refractivity contribution is 7.15. The van der Waals surface area contributed by atoms with Gasteiger partial charge in [0.25, 0.3) is 0 Å². The second-order valence-electron chi connectivity index (χ2n) is 4.33. The van der Waals surface area contributed by atoms with Crippen LogP contribution in [0.25, 0.3) is 0 Å². The number of aromatic nitrogens is 1. The van der Waals surface area contributed by atoms with Crippen LogP contribution in [0.15, 0.2) is 0 Å². The number of anilines is 1. The molecule has 0 saturated heterocycles. The van der Waals surface area contributed by atoms with Gasteiger partial charge in [0, 0.05) is 10.9 Å². The van der Waals surface area contributed by atoms with Gasteiger partial charge in [-0.3, -0.25) is 0 Å². The third kappa shape index (κ3) is 4.29. The van der Waals surface area contributed by atoms with Gasteiger partial charge in [0.05, 0.1) is 6.61 Å². The summed E-state index contributed by atoms with van der Waals surface area (Å²) in [5.41, 5.74) is 0.437. The van der Waals surface area contributed by atoms with Gasteiger partial charge in [-0.25, -0.2) is 9.78 Å². The number of hydrogen-bond acceptors (Lipinski definition) is 5. The van der Waals surface area contributed by atoms with E-state index >= 15 is 0 Å². The molecule has 5 heteroatoms.